The summed E-state index contributed by atoms with van der Waals surface area (Å²) in [7, 11) is 0. The summed E-state index contributed by atoms with van der Waals surface area (Å²) in [6.45, 7) is 8.10. The highest BCUT2D eigenvalue weighted by atomic mass is 16.6. The predicted octanol–water partition coefficient (Wildman–Crippen LogP) is 2.64. The SMILES string of the molecule is CCCC(C(N)=O)[C@H](Cc1ccccc1)C(=O)N[C@@H](CC(C)C)C(=O)[C@@]1(C)CO1. The number of carbonyl (C=O) groups is 3. The van der Waals surface area contributed by atoms with E-state index < -0.39 is 29.4 Å². The molecule has 0 spiro atoms. The third kappa shape index (κ3) is 6.39. The van der Waals surface area contributed by atoms with Gasteiger partial charge in [-0.15, -0.1) is 0 Å². The van der Waals surface area contributed by atoms with Crippen LogP contribution in [0.25, 0.3) is 0 Å². The Morgan fingerprint density at radius 3 is 2.28 bits per heavy atom. The van der Waals surface area contributed by atoms with Crippen molar-refractivity contribution < 1.29 is 19.1 Å². The first-order chi connectivity index (χ1) is 13.7. The molecule has 1 aromatic carbocycles. The van der Waals surface area contributed by atoms with Crippen molar-refractivity contribution in [3.63, 3.8) is 0 Å². The van der Waals surface area contributed by atoms with Crippen molar-refractivity contribution in [3.05, 3.63) is 35.9 Å². The number of nitrogens with one attached hydrogen (secondary N) is 1. The first-order valence-electron chi connectivity index (χ1n) is 10.5. The Hall–Kier alpha value is -2.21. The fraction of sp³-hybridized carbons (Fsp3) is 0.609. The van der Waals surface area contributed by atoms with E-state index in [1.165, 1.54) is 0 Å². The minimum absolute atomic E-state index is 0.107. The summed E-state index contributed by atoms with van der Waals surface area (Å²) in [6.07, 6.45) is 2.20. The highest BCUT2D eigenvalue weighted by molar-refractivity contribution is 5.97. The van der Waals surface area contributed by atoms with Gasteiger partial charge in [-0.1, -0.05) is 57.5 Å². The molecule has 160 valence electrons. The fourth-order valence-corrected chi connectivity index (χ4v) is 3.74. The van der Waals surface area contributed by atoms with Crippen LogP contribution in [0.4, 0.5) is 0 Å². The molecule has 1 fully saturated rings. The lowest BCUT2D eigenvalue weighted by molar-refractivity contribution is -0.136. The van der Waals surface area contributed by atoms with Gasteiger partial charge in [-0.05, 0) is 37.7 Å². The highest BCUT2D eigenvalue weighted by Crippen LogP contribution is 2.30. The summed E-state index contributed by atoms with van der Waals surface area (Å²) < 4.78 is 5.31. The molecule has 4 atom stereocenters. The molecule has 1 unspecified atom stereocenters. The Labute approximate surface area is 173 Å². The summed E-state index contributed by atoms with van der Waals surface area (Å²) >= 11 is 0. The summed E-state index contributed by atoms with van der Waals surface area (Å²) in [6, 6.07) is 8.94. The van der Waals surface area contributed by atoms with Crippen LogP contribution < -0.4 is 11.1 Å². The number of ether oxygens (including phenoxy) is 1. The molecule has 0 aliphatic carbocycles. The van der Waals surface area contributed by atoms with Gasteiger partial charge in [0, 0.05) is 5.92 Å². The molecule has 1 aliphatic rings. The summed E-state index contributed by atoms with van der Waals surface area (Å²) in [4.78, 5) is 38.3. The Morgan fingerprint density at radius 1 is 1.17 bits per heavy atom. The summed E-state index contributed by atoms with van der Waals surface area (Å²) in [5.74, 6) is -1.86. The van der Waals surface area contributed by atoms with E-state index in [9.17, 15) is 14.4 Å². The molecule has 29 heavy (non-hydrogen) atoms. The molecule has 0 bridgehead atoms. The van der Waals surface area contributed by atoms with Crippen LogP contribution in [0.15, 0.2) is 30.3 Å². The second-order valence-electron chi connectivity index (χ2n) is 8.67. The van der Waals surface area contributed by atoms with E-state index in [2.05, 4.69) is 5.32 Å². The van der Waals surface area contributed by atoms with Crippen LogP contribution in [0.2, 0.25) is 0 Å². The van der Waals surface area contributed by atoms with E-state index in [4.69, 9.17) is 10.5 Å². The van der Waals surface area contributed by atoms with E-state index in [1.807, 2.05) is 51.1 Å². The van der Waals surface area contributed by atoms with Crippen molar-refractivity contribution in [1.29, 1.82) is 0 Å². The molecule has 1 aromatic rings. The molecule has 1 saturated heterocycles. The van der Waals surface area contributed by atoms with Gasteiger partial charge in [0.15, 0.2) is 5.78 Å². The normalized spacial score (nSPS) is 21.3. The van der Waals surface area contributed by atoms with Gasteiger partial charge in [0.05, 0.1) is 18.6 Å². The predicted molar refractivity (Wildman–Crippen MR) is 112 cm³/mol. The Kier molecular flexibility index (Phi) is 7.96. The maximum atomic E-state index is 13.3. The molecule has 0 radical (unpaired) electrons. The third-order valence-electron chi connectivity index (χ3n) is 5.52. The minimum Gasteiger partial charge on any atom is -0.369 e. The number of hydrogen-bond donors (Lipinski definition) is 2. The number of nitrogens with two attached hydrogens (primary N) is 1. The van der Waals surface area contributed by atoms with Gasteiger partial charge in [-0.25, -0.2) is 0 Å². The summed E-state index contributed by atoms with van der Waals surface area (Å²) in [5, 5.41) is 2.93. The van der Waals surface area contributed by atoms with Crippen LogP contribution in [0.3, 0.4) is 0 Å². The fourth-order valence-electron chi connectivity index (χ4n) is 3.74. The number of primary amides is 1. The maximum absolute atomic E-state index is 13.3. The van der Waals surface area contributed by atoms with Crippen LogP contribution >= 0.6 is 0 Å². The van der Waals surface area contributed by atoms with E-state index >= 15 is 0 Å². The average molecular weight is 403 g/mol. The van der Waals surface area contributed by atoms with Crippen LogP contribution in [0.1, 0.15) is 52.5 Å². The number of epoxide rings is 1. The van der Waals surface area contributed by atoms with Crippen LogP contribution in [0.5, 0.6) is 0 Å². The lowest BCUT2D eigenvalue weighted by atomic mass is 9.82. The molecule has 6 nitrogen and oxygen atoms in total. The quantitative estimate of drug-likeness (QED) is 0.525. The van der Waals surface area contributed by atoms with Crippen molar-refractivity contribution in [1.82, 2.24) is 5.32 Å². The van der Waals surface area contributed by atoms with Crippen molar-refractivity contribution in [2.45, 2.75) is 65.0 Å². The summed E-state index contributed by atoms with van der Waals surface area (Å²) in [5.41, 5.74) is 5.81. The molecule has 1 heterocycles. The highest BCUT2D eigenvalue weighted by Gasteiger charge is 2.50. The lowest BCUT2D eigenvalue weighted by Gasteiger charge is -2.28. The number of carbonyl (C=O) groups excluding carboxylic acids is 3. The second kappa shape index (κ2) is 10.0. The van der Waals surface area contributed by atoms with Gasteiger partial charge in [0.25, 0.3) is 0 Å². The number of rotatable bonds is 12. The number of benzene rings is 1. The number of amides is 2. The largest absolute Gasteiger partial charge is 0.369 e. The van der Waals surface area contributed by atoms with Gasteiger partial charge in [0.2, 0.25) is 11.8 Å². The zero-order valence-corrected chi connectivity index (χ0v) is 17.9. The van der Waals surface area contributed by atoms with Gasteiger partial charge < -0.3 is 15.8 Å². The zero-order valence-electron chi connectivity index (χ0n) is 17.9. The average Bonchev–Trinajstić information content (AvgIpc) is 3.42. The Morgan fingerprint density at radius 2 is 1.79 bits per heavy atom. The number of ketones is 1. The lowest BCUT2D eigenvalue weighted by Crippen LogP contribution is -2.51. The Bertz CT molecular complexity index is 713. The standard InChI is InChI=1S/C23H34N2O4/c1-5-9-17(21(24)27)18(13-16-10-7-6-8-11-16)22(28)25-19(12-15(2)3)20(26)23(4)14-29-23/h6-8,10-11,15,17-19H,5,9,12-14H2,1-4H3,(H2,24,27)(H,25,28)/t17?,18-,19-,23+/m0/s1. The van der Waals surface area contributed by atoms with Crippen molar-refractivity contribution in [3.8, 4) is 0 Å². The van der Waals surface area contributed by atoms with Gasteiger partial charge in [-0.2, -0.15) is 0 Å². The molecular weight excluding hydrogens is 368 g/mol. The van der Waals surface area contributed by atoms with Gasteiger partial charge >= 0.3 is 0 Å². The number of hydrogen-bond acceptors (Lipinski definition) is 4. The molecule has 2 rings (SSSR count). The molecular formula is C23H34N2O4. The van der Waals surface area contributed by atoms with Gasteiger partial charge in [-0.3, -0.25) is 14.4 Å². The van der Waals surface area contributed by atoms with E-state index in [-0.39, 0.29) is 17.6 Å². The van der Waals surface area contributed by atoms with Crippen molar-refractivity contribution >= 4 is 17.6 Å². The zero-order chi connectivity index (χ0) is 21.6. The topological polar surface area (TPSA) is 102 Å². The molecule has 6 heteroatoms. The number of Topliss-reactive ketones (excluding diaryl/α,β-unsaturated/α-hetero) is 1. The van der Waals surface area contributed by atoms with Crippen molar-refractivity contribution in [2.75, 3.05) is 6.61 Å². The first kappa shape index (κ1) is 23.1. The van der Waals surface area contributed by atoms with Crippen LogP contribution in [-0.2, 0) is 25.5 Å². The maximum Gasteiger partial charge on any atom is 0.224 e. The van der Waals surface area contributed by atoms with Crippen LogP contribution in [0, 0.1) is 17.8 Å². The second-order valence-corrected chi connectivity index (χ2v) is 8.67. The Balaban J connectivity index is 2.25. The van der Waals surface area contributed by atoms with Crippen LogP contribution in [-0.4, -0.2) is 35.8 Å². The van der Waals surface area contributed by atoms with E-state index in [1.54, 1.807) is 6.92 Å². The molecule has 0 saturated carbocycles. The molecule has 3 N–H and O–H groups in total. The monoisotopic (exact) mass is 402 g/mol. The minimum atomic E-state index is -0.811. The molecule has 2 amide bonds. The van der Waals surface area contributed by atoms with Gasteiger partial charge in [0.1, 0.15) is 5.60 Å². The molecule has 0 aromatic heterocycles. The smallest absolute Gasteiger partial charge is 0.224 e. The first-order valence-corrected chi connectivity index (χ1v) is 10.5. The third-order valence-corrected chi connectivity index (χ3v) is 5.52. The van der Waals surface area contributed by atoms with E-state index in [0.717, 1.165) is 12.0 Å². The van der Waals surface area contributed by atoms with E-state index in [0.29, 0.717) is 25.9 Å². The van der Waals surface area contributed by atoms with Crippen molar-refractivity contribution in [2.24, 2.45) is 23.5 Å². The molecule has 1 aliphatic heterocycles.